The number of Topliss-reactive ketones (excluding diaryl/α,β-unsaturated/α-hetero) is 1. The first kappa shape index (κ1) is 19.5. The van der Waals surface area contributed by atoms with Crippen LogP contribution >= 0.6 is 23.1 Å². The van der Waals surface area contributed by atoms with Gasteiger partial charge in [-0.15, -0.1) is 10.2 Å². The maximum atomic E-state index is 12.8. The fourth-order valence-corrected chi connectivity index (χ4v) is 4.42. The summed E-state index contributed by atoms with van der Waals surface area (Å²) < 4.78 is 5.79. The number of carbonyl (C=O) groups is 2. The zero-order valence-corrected chi connectivity index (χ0v) is 16.6. The molecule has 2 heterocycles. The van der Waals surface area contributed by atoms with E-state index in [-0.39, 0.29) is 11.0 Å². The molecule has 0 aromatic carbocycles. The molecule has 0 spiro atoms. The molecule has 0 fully saturated rings. The van der Waals surface area contributed by atoms with Gasteiger partial charge in [0.1, 0.15) is 0 Å². The molecule has 136 valence electrons. The topological polar surface area (TPSA) is 97.0 Å². The molecule has 0 aliphatic heterocycles. The number of thioether (sulfide) groups is 1. The Hall–Kier alpha value is -1.87. The van der Waals surface area contributed by atoms with E-state index in [1.54, 1.807) is 20.8 Å². The van der Waals surface area contributed by atoms with Crippen molar-refractivity contribution in [2.45, 2.75) is 44.2 Å². The van der Waals surface area contributed by atoms with E-state index >= 15 is 0 Å². The predicted molar refractivity (Wildman–Crippen MR) is 99.9 cm³/mol. The molecular weight excluding hydrogens is 360 g/mol. The molecule has 0 aliphatic rings. The van der Waals surface area contributed by atoms with Crippen molar-refractivity contribution in [2.75, 3.05) is 18.5 Å². The molecule has 1 atom stereocenters. The highest BCUT2D eigenvalue weighted by molar-refractivity contribution is 8.02. The van der Waals surface area contributed by atoms with Crippen LogP contribution < -0.4 is 5.32 Å². The molecule has 2 rings (SSSR count). The first-order valence-corrected chi connectivity index (χ1v) is 9.73. The number of carbonyl (C=O) groups excluding carboxylic acids is 2. The van der Waals surface area contributed by atoms with Crippen molar-refractivity contribution in [1.82, 2.24) is 15.2 Å². The summed E-state index contributed by atoms with van der Waals surface area (Å²) in [5.41, 5.74) is 2.14. The van der Waals surface area contributed by atoms with E-state index in [0.717, 1.165) is 16.0 Å². The van der Waals surface area contributed by atoms with Gasteiger partial charge in [-0.05, 0) is 40.2 Å². The minimum atomic E-state index is -0.410. The van der Waals surface area contributed by atoms with Gasteiger partial charge in [0.05, 0.1) is 23.1 Å². The summed E-state index contributed by atoms with van der Waals surface area (Å²) >= 11 is 2.77. The summed E-state index contributed by atoms with van der Waals surface area (Å²) in [6.07, 6.45) is 0. The van der Waals surface area contributed by atoms with Gasteiger partial charge in [0.2, 0.25) is 5.13 Å². The van der Waals surface area contributed by atoms with Crippen molar-refractivity contribution in [3.8, 4) is 0 Å². The number of nitrogens with one attached hydrogen (secondary N) is 2. The third-order valence-corrected chi connectivity index (χ3v) is 5.61. The Morgan fingerprint density at radius 3 is 2.68 bits per heavy atom. The Morgan fingerprint density at radius 2 is 2.04 bits per heavy atom. The Labute approximate surface area is 155 Å². The van der Waals surface area contributed by atoms with Gasteiger partial charge in [0.25, 0.3) is 0 Å². The summed E-state index contributed by atoms with van der Waals surface area (Å²) in [6.45, 7) is 10.1. The average Bonchev–Trinajstić information content (AvgIpc) is 3.11. The number of aromatic amines is 1. The van der Waals surface area contributed by atoms with Crippen LogP contribution in [0.15, 0.2) is 4.34 Å². The lowest BCUT2D eigenvalue weighted by molar-refractivity contribution is 0.0525. The van der Waals surface area contributed by atoms with Gasteiger partial charge < -0.3 is 15.0 Å². The number of esters is 1. The lowest BCUT2D eigenvalue weighted by Crippen LogP contribution is -2.15. The Kier molecular flexibility index (Phi) is 6.60. The normalized spacial score (nSPS) is 12.0. The summed E-state index contributed by atoms with van der Waals surface area (Å²) in [7, 11) is 0. The molecule has 9 heteroatoms. The Bertz CT molecular complexity index is 770. The molecule has 0 saturated heterocycles. The van der Waals surface area contributed by atoms with Crippen LogP contribution in [-0.4, -0.2) is 45.3 Å². The highest BCUT2D eigenvalue weighted by Crippen LogP contribution is 2.31. The fourth-order valence-electron chi connectivity index (χ4n) is 2.39. The van der Waals surface area contributed by atoms with Crippen LogP contribution in [0.5, 0.6) is 0 Å². The SMILES string of the molecule is CCNc1nnc(S[C@H](C)C(=O)c2[nH]c(C)c(C(=O)OCC)c2C)s1. The highest BCUT2D eigenvalue weighted by atomic mass is 32.2. The van der Waals surface area contributed by atoms with Crippen LogP contribution in [0.3, 0.4) is 0 Å². The summed E-state index contributed by atoms with van der Waals surface area (Å²) in [5.74, 6) is -0.492. The van der Waals surface area contributed by atoms with Crippen molar-refractivity contribution in [2.24, 2.45) is 0 Å². The van der Waals surface area contributed by atoms with Crippen LogP contribution in [0.4, 0.5) is 5.13 Å². The van der Waals surface area contributed by atoms with Crippen molar-refractivity contribution >= 4 is 40.0 Å². The standard InChI is InChI=1S/C16H22N4O3S2/c1-6-17-15-19-20-16(25-15)24-10(5)13(21)12-8(3)11(9(4)18-12)14(22)23-7-2/h10,18H,6-7H2,1-5H3,(H,17,19)/t10-/m1/s1. The quantitative estimate of drug-likeness (QED) is 0.410. The molecule has 0 unspecified atom stereocenters. The lowest BCUT2D eigenvalue weighted by atomic mass is 10.1. The van der Waals surface area contributed by atoms with Gasteiger partial charge in [0.15, 0.2) is 10.1 Å². The largest absolute Gasteiger partial charge is 0.462 e. The number of ketones is 1. The number of anilines is 1. The molecule has 7 nitrogen and oxygen atoms in total. The van der Waals surface area contributed by atoms with E-state index in [1.807, 2.05) is 13.8 Å². The summed E-state index contributed by atoms with van der Waals surface area (Å²) in [5, 5.41) is 11.6. The minimum Gasteiger partial charge on any atom is -0.462 e. The molecular formula is C16H22N4O3S2. The van der Waals surface area contributed by atoms with E-state index in [9.17, 15) is 9.59 Å². The number of H-pyrrole nitrogens is 1. The van der Waals surface area contributed by atoms with Crippen molar-refractivity contribution in [3.05, 3.63) is 22.5 Å². The number of hydrogen-bond donors (Lipinski definition) is 2. The van der Waals surface area contributed by atoms with Gasteiger partial charge in [-0.3, -0.25) is 4.79 Å². The van der Waals surface area contributed by atoms with Crippen LogP contribution in [0.25, 0.3) is 0 Å². The van der Waals surface area contributed by atoms with Crippen molar-refractivity contribution < 1.29 is 14.3 Å². The van der Waals surface area contributed by atoms with Crippen LogP contribution in [0.1, 0.15) is 52.9 Å². The van der Waals surface area contributed by atoms with Gasteiger partial charge in [0, 0.05) is 12.2 Å². The zero-order chi connectivity index (χ0) is 18.6. The third-order valence-electron chi connectivity index (χ3n) is 3.54. The molecule has 25 heavy (non-hydrogen) atoms. The predicted octanol–water partition coefficient (Wildman–Crippen LogP) is 3.46. The smallest absolute Gasteiger partial charge is 0.340 e. The number of ether oxygens (including phenoxy) is 1. The molecule has 2 aromatic rings. The minimum absolute atomic E-state index is 0.0821. The maximum Gasteiger partial charge on any atom is 0.340 e. The summed E-state index contributed by atoms with van der Waals surface area (Å²) in [6, 6.07) is 0. The number of rotatable bonds is 8. The monoisotopic (exact) mass is 382 g/mol. The number of aryl methyl sites for hydroxylation is 1. The Morgan fingerprint density at radius 1 is 1.32 bits per heavy atom. The molecule has 0 radical (unpaired) electrons. The lowest BCUT2D eigenvalue weighted by Gasteiger charge is -2.07. The maximum absolute atomic E-state index is 12.8. The highest BCUT2D eigenvalue weighted by Gasteiger charge is 2.26. The number of aromatic nitrogens is 3. The fraction of sp³-hybridized carbons (Fsp3) is 0.500. The molecule has 0 saturated carbocycles. The van der Waals surface area contributed by atoms with Crippen molar-refractivity contribution in [1.29, 1.82) is 0 Å². The summed E-state index contributed by atoms with van der Waals surface area (Å²) in [4.78, 5) is 27.9. The van der Waals surface area contributed by atoms with E-state index in [2.05, 4.69) is 20.5 Å². The number of hydrogen-bond acceptors (Lipinski definition) is 8. The first-order chi connectivity index (χ1) is 11.9. The molecule has 0 amide bonds. The number of nitrogens with zero attached hydrogens (tertiary/aromatic N) is 2. The Balaban J connectivity index is 2.16. The second kappa shape index (κ2) is 8.48. The zero-order valence-electron chi connectivity index (χ0n) is 14.9. The molecule has 2 N–H and O–H groups in total. The van der Waals surface area contributed by atoms with E-state index in [0.29, 0.717) is 29.1 Å². The second-order valence-electron chi connectivity index (χ2n) is 5.37. The first-order valence-electron chi connectivity index (χ1n) is 8.03. The van der Waals surface area contributed by atoms with E-state index in [1.165, 1.54) is 23.1 Å². The molecule has 0 bridgehead atoms. The second-order valence-corrected chi connectivity index (χ2v) is 7.94. The van der Waals surface area contributed by atoms with Gasteiger partial charge in [-0.2, -0.15) is 0 Å². The van der Waals surface area contributed by atoms with E-state index < -0.39 is 5.97 Å². The van der Waals surface area contributed by atoms with Gasteiger partial charge in [-0.25, -0.2) is 4.79 Å². The van der Waals surface area contributed by atoms with Crippen molar-refractivity contribution in [3.63, 3.8) is 0 Å². The van der Waals surface area contributed by atoms with E-state index in [4.69, 9.17) is 4.74 Å². The van der Waals surface area contributed by atoms with Gasteiger partial charge >= 0.3 is 5.97 Å². The average molecular weight is 383 g/mol. The van der Waals surface area contributed by atoms with Crippen LogP contribution in [0, 0.1) is 13.8 Å². The molecule has 2 aromatic heterocycles. The molecule has 0 aliphatic carbocycles. The van der Waals surface area contributed by atoms with Gasteiger partial charge in [-0.1, -0.05) is 23.1 Å². The van der Waals surface area contributed by atoms with Crippen LogP contribution in [-0.2, 0) is 4.74 Å². The van der Waals surface area contributed by atoms with Crippen LogP contribution in [0.2, 0.25) is 0 Å². The third kappa shape index (κ3) is 4.40.